The van der Waals surface area contributed by atoms with Crippen molar-refractivity contribution in [3.8, 4) is 0 Å². The number of benzene rings is 1. The quantitative estimate of drug-likeness (QED) is 0.884. The molecule has 0 aliphatic carbocycles. The molecule has 0 saturated carbocycles. The molecule has 84 valence electrons. The molecule has 0 radical (unpaired) electrons. The summed E-state index contributed by atoms with van der Waals surface area (Å²) in [5.41, 5.74) is 0.906. The monoisotopic (exact) mass is 236 g/mol. The van der Waals surface area contributed by atoms with Crippen molar-refractivity contribution in [1.29, 1.82) is 0 Å². The van der Waals surface area contributed by atoms with Crippen molar-refractivity contribution in [3.05, 3.63) is 35.6 Å². The van der Waals surface area contributed by atoms with Gasteiger partial charge in [-0.1, -0.05) is 13.0 Å². The van der Waals surface area contributed by atoms with Crippen LogP contribution >= 0.6 is 11.8 Å². The number of carbonyl (C=O) groups is 1. The maximum absolute atomic E-state index is 10.8. The van der Waals surface area contributed by atoms with Gasteiger partial charge >= 0.3 is 5.97 Å². The maximum Gasteiger partial charge on any atom is 0.335 e. The molecular formula is C12H12O3S. The zero-order valence-corrected chi connectivity index (χ0v) is 9.71. The first kappa shape index (κ1) is 11.1. The molecule has 0 spiro atoms. The number of hydrogen-bond acceptors (Lipinski definition) is 3. The van der Waals surface area contributed by atoms with Crippen molar-refractivity contribution in [2.75, 3.05) is 5.75 Å². The molecule has 4 heteroatoms. The van der Waals surface area contributed by atoms with Crippen LogP contribution in [-0.2, 0) is 5.75 Å². The number of carboxylic acids is 1. The molecule has 1 aromatic carbocycles. The van der Waals surface area contributed by atoms with Crippen molar-refractivity contribution in [3.63, 3.8) is 0 Å². The molecular weight excluding hydrogens is 224 g/mol. The van der Waals surface area contributed by atoms with Crippen LogP contribution in [0.25, 0.3) is 11.0 Å². The van der Waals surface area contributed by atoms with Crippen LogP contribution in [0.5, 0.6) is 0 Å². The number of thioether (sulfide) groups is 1. The fourth-order valence-electron chi connectivity index (χ4n) is 1.49. The first-order valence-corrected chi connectivity index (χ1v) is 6.19. The minimum absolute atomic E-state index is 0.261. The third-order valence-electron chi connectivity index (χ3n) is 2.27. The SMILES string of the molecule is CCSCc1cc2ccc(C(=O)O)cc2o1. The first-order valence-electron chi connectivity index (χ1n) is 5.04. The van der Waals surface area contributed by atoms with Gasteiger partial charge in [0.05, 0.1) is 11.3 Å². The van der Waals surface area contributed by atoms with E-state index >= 15 is 0 Å². The summed E-state index contributed by atoms with van der Waals surface area (Å²) in [6.45, 7) is 2.09. The predicted molar refractivity (Wildman–Crippen MR) is 65.0 cm³/mol. The summed E-state index contributed by atoms with van der Waals surface area (Å²) in [7, 11) is 0. The molecule has 1 heterocycles. The molecule has 0 bridgehead atoms. The second kappa shape index (κ2) is 4.61. The van der Waals surface area contributed by atoms with Crippen LogP contribution in [0.15, 0.2) is 28.7 Å². The smallest absolute Gasteiger partial charge is 0.335 e. The van der Waals surface area contributed by atoms with E-state index in [4.69, 9.17) is 9.52 Å². The highest BCUT2D eigenvalue weighted by Crippen LogP contribution is 2.23. The molecule has 3 nitrogen and oxygen atoms in total. The summed E-state index contributed by atoms with van der Waals surface area (Å²) >= 11 is 1.78. The Hall–Kier alpha value is -1.42. The van der Waals surface area contributed by atoms with Crippen LogP contribution in [0.3, 0.4) is 0 Å². The Morgan fingerprint density at radius 2 is 2.25 bits per heavy atom. The number of furan rings is 1. The van der Waals surface area contributed by atoms with Crippen molar-refractivity contribution in [2.45, 2.75) is 12.7 Å². The highest BCUT2D eigenvalue weighted by Gasteiger charge is 2.07. The van der Waals surface area contributed by atoms with E-state index in [1.807, 2.05) is 6.07 Å². The van der Waals surface area contributed by atoms with Crippen LogP contribution in [-0.4, -0.2) is 16.8 Å². The summed E-state index contributed by atoms with van der Waals surface area (Å²) in [4.78, 5) is 10.8. The molecule has 0 aliphatic rings. The van der Waals surface area contributed by atoms with Gasteiger partial charge in [0.25, 0.3) is 0 Å². The summed E-state index contributed by atoms with van der Waals surface area (Å²) in [6, 6.07) is 6.90. The van der Waals surface area contributed by atoms with Crippen LogP contribution in [0, 0.1) is 0 Å². The predicted octanol–water partition coefficient (Wildman–Crippen LogP) is 3.38. The van der Waals surface area contributed by atoms with Crippen molar-refractivity contribution in [2.24, 2.45) is 0 Å². The van der Waals surface area contributed by atoms with E-state index in [1.165, 1.54) is 0 Å². The Bertz CT molecular complexity index is 516. The molecule has 1 N–H and O–H groups in total. The largest absolute Gasteiger partial charge is 0.478 e. The third kappa shape index (κ3) is 2.22. The number of aromatic carboxylic acids is 1. The Labute approximate surface area is 97.4 Å². The van der Waals surface area contributed by atoms with Gasteiger partial charge in [-0.15, -0.1) is 0 Å². The summed E-state index contributed by atoms with van der Waals surface area (Å²) in [5, 5.41) is 9.80. The van der Waals surface area contributed by atoms with Gasteiger partial charge < -0.3 is 9.52 Å². The Kier molecular flexibility index (Phi) is 3.19. The molecule has 0 aliphatic heterocycles. The molecule has 1 aromatic heterocycles. The lowest BCUT2D eigenvalue weighted by Crippen LogP contribution is -1.94. The summed E-state index contributed by atoms with van der Waals surface area (Å²) in [6.07, 6.45) is 0. The van der Waals surface area contributed by atoms with Gasteiger partial charge in [0.2, 0.25) is 0 Å². The lowest BCUT2D eigenvalue weighted by molar-refractivity contribution is 0.0697. The first-order chi connectivity index (χ1) is 7.70. The number of rotatable bonds is 4. The Morgan fingerprint density at radius 1 is 1.44 bits per heavy atom. The second-order valence-electron chi connectivity index (χ2n) is 3.41. The van der Waals surface area contributed by atoms with Crippen LogP contribution in [0.2, 0.25) is 0 Å². The molecule has 0 atom stereocenters. The van der Waals surface area contributed by atoms with Gasteiger partial charge in [0.1, 0.15) is 11.3 Å². The van der Waals surface area contributed by atoms with Gasteiger partial charge in [-0.3, -0.25) is 0 Å². The molecule has 2 aromatic rings. The van der Waals surface area contributed by atoms with E-state index in [2.05, 4.69) is 6.92 Å². The minimum Gasteiger partial charge on any atom is -0.478 e. The Balaban J connectivity index is 2.34. The highest BCUT2D eigenvalue weighted by atomic mass is 32.2. The lowest BCUT2D eigenvalue weighted by atomic mass is 10.2. The molecule has 0 amide bonds. The molecule has 0 fully saturated rings. The van der Waals surface area contributed by atoms with Crippen LogP contribution in [0.1, 0.15) is 23.0 Å². The summed E-state index contributed by atoms with van der Waals surface area (Å²) < 4.78 is 5.58. The van der Waals surface area contributed by atoms with Gasteiger partial charge in [-0.2, -0.15) is 11.8 Å². The normalized spacial score (nSPS) is 10.8. The zero-order valence-electron chi connectivity index (χ0n) is 8.90. The molecule has 2 rings (SSSR count). The van der Waals surface area contributed by atoms with E-state index < -0.39 is 5.97 Å². The van der Waals surface area contributed by atoms with E-state index in [9.17, 15) is 4.79 Å². The molecule has 0 saturated heterocycles. The maximum atomic E-state index is 10.8. The van der Waals surface area contributed by atoms with Crippen molar-refractivity contribution in [1.82, 2.24) is 0 Å². The summed E-state index contributed by atoms with van der Waals surface area (Å²) in [5.74, 6) is 1.83. The van der Waals surface area contributed by atoms with E-state index in [-0.39, 0.29) is 5.56 Å². The number of carboxylic acid groups (broad SMARTS) is 1. The highest BCUT2D eigenvalue weighted by molar-refractivity contribution is 7.98. The fourth-order valence-corrected chi connectivity index (χ4v) is 2.04. The average Bonchev–Trinajstić information content (AvgIpc) is 2.67. The third-order valence-corrected chi connectivity index (χ3v) is 3.16. The fraction of sp³-hybridized carbons (Fsp3) is 0.250. The average molecular weight is 236 g/mol. The second-order valence-corrected chi connectivity index (χ2v) is 4.68. The van der Waals surface area contributed by atoms with Gasteiger partial charge in [0, 0.05) is 5.39 Å². The van der Waals surface area contributed by atoms with Gasteiger partial charge in [-0.05, 0) is 24.0 Å². The topological polar surface area (TPSA) is 50.4 Å². The van der Waals surface area contributed by atoms with Gasteiger partial charge in [-0.25, -0.2) is 4.79 Å². The minimum atomic E-state index is -0.928. The number of fused-ring (bicyclic) bond motifs is 1. The zero-order chi connectivity index (χ0) is 11.5. The Morgan fingerprint density at radius 3 is 2.94 bits per heavy atom. The molecule has 0 unspecified atom stereocenters. The van der Waals surface area contributed by atoms with Crippen LogP contribution < -0.4 is 0 Å². The van der Waals surface area contributed by atoms with E-state index in [0.29, 0.717) is 5.58 Å². The van der Waals surface area contributed by atoms with E-state index in [1.54, 1.807) is 30.0 Å². The lowest BCUT2D eigenvalue weighted by Gasteiger charge is -1.93. The van der Waals surface area contributed by atoms with E-state index in [0.717, 1.165) is 22.7 Å². The van der Waals surface area contributed by atoms with Crippen molar-refractivity contribution >= 4 is 28.7 Å². The van der Waals surface area contributed by atoms with Crippen molar-refractivity contribution < 1.29 is 14.3 Å². The standard InChI is InChI=1S/C12H12O3S/c1-2-16-7-10-5-8-3-4-9(12(13)14)6-11(8)15-10/h3-6H,2,7H2,1H3,(H,13,14). The van der Waals surface area contributed by atoms with Crippen LogP contribution in [0.4, 0.5) is 0 Å². The van der Waals surface area contributed by atoms with Gasteiger partial charge in [0.15, 0.2) is 0 Å². The molecule has 16 heavy (non-hydrogen) atoms. The number of hydrogen-bond donors (Lipinski definition) is 1.